The molecule has 0 aromatic heterocycles. The highest BCUT2D eigenvalue weighted by Crippen LogP contribution is 2.32. The molecule has 108 valence electrons. The van der Waals surface area contributed by atoms with Crippen molar-refractivity contribution in [2.75, 3.05) is 7.05 Å². The van der Waals surface area contributed by atoms with Gasteiger partial charge in [0.05, 0.1) is 0 Å². The quantitative estimate of drug-likeness (QED) is 0.898. The molecule has 0 saturated carbocycles. The molecular weight excluding hydrogens is 248 g/mol. The first-order valence-electron chi connectivity index (χ1n) is 7.73. The second kappa shape index (κ2) is 5.57. The van der Waals surface area contributed by atoms with Gasteiger partial charge in [-0.2, -0.15) is 0 Å². The topological polar surface area (TPSA) is 32.3 Å². The average Bonchev–Trinajstić information content (AvgIpc) is 2.40. The third kappa shape index (κ3) is 2.59. The molecule has 0 radical (unpaired) electrons. The van der Waals surface area contributed by atoms with E-state index in [1.807, 2.05) is 31.2 Å². The van der Waals surface area contributed by atoms with Crippen LogP contribution in [-0.4, -0.2) is 36.0 Å². The normalized spacial score (nSPS) is 30.0. The van der Waals surface area contributed by atoms with Gasteiger partial charge in [0.25, 0.3) is 5.91 Å². The van der Waals surface area contributed by atoms with Gasteiger partial charge in [0.1, 0.15) is 0 Å². The lowest BCUT2D eigenvalue weighted by molar-refractivity contribution is 0.0463. The molecule has 0 aliphatic carbocycles. The average molecular weight is 272 g/mol. The van der Waals surface area contributed by atoms with Gasteiger partial charge in [0.15, 0.2) is 0 Å². The number of amides is 1. The Kier molecular flexibility index (Phi) is 3.79. The van der Waals surface area contributed by atoms with Crippen molar-refractivity contribution < 1.29 is 4.79 Å². The number of benzene rings is 1. The van der Waals surface area contributed by atoms with Crippen molar-refractivity contribution in [3.05, 3.63) is 35.4 Å². The zero-order valence-electron chi connectivity index (χ0n) is 12.4. The van der Waals surface area contributed by atoms with Crippen molar-refractivity contribution in [3.8, 4) is 0 Å². The summed E-state index contributed by atoms with van der Waals surface area (Å²) in [6.45, 7) is 2.00. The van der Waals surface area contributed by atoms with Gasteiger partial charge in [-0.1, -0.05) is 24.6 Å². The molecule has 1 aromatic carbocycles. The first-order valence-corrected chi connectivity index (χ1v) is 7.73. The van der Waals surface area contributed by atoms with E-state index in [0.717, 1.165) is 24.0 Å². The number of hydrogen-bond acceptors (Lipinski definition) is 2. The van der Waals surface area contributed by atoms with E-state index in [0.29, 0.717) is 18.1 Å². The first kappa shape index (κ1) is 13.6. The highest BCUT2D eigenvalue weighted by atomic mass is 16.1. The Morgan fingerprint density at radius 1 is 1.20 bits per heavy atom. The maximum atomic E-state index is 12.4. The van der Waals surface area contributed by atoms with Gasteiger partial charge in [0, 0.05) is 23.7 Å². The van der Waals surface area contributed by atoms with Gasteiger partial charge in [-0.15, -0.1) is 0 Å². The number of rotatable bonds is 2. The van der Waals surface area contributed by atoms with Gasteiger partial charge in [-0.05, 0) is 51.3 Å². The molecule has 2 aliphatic heterocycles. The van der Waals surface area contributed by atoms with Crippen LogP contribution in [0.2, 0.25) is 0 Å². The van der Waals surface area contributed by atoms with E-state index >= 15 is 0 Å². The Balaban J connectivity index is 1.67. The van der Waals surface area contributed by atoms with Gasteiger partial charge >= 0.3 is 0 Å². The first-order chi connectivity index (χ1) is 9.65. The standard InChI is InChI=1S/C17H24N2O/c1-12-6-3-4-9-16(12)17(20)18-13-10-14-7-5-8-15(11-13)19(14)2/h3-4,6,9,13-15H,5,7-8,10-11H2,1-2H3,(H,18,20). The van der Waals surface area contributed by atoms with Crippen molar-refractivity contribution in [2.45, 2.75) is 57.2 Å². The van der Waals surface area contributed by atoms with E-state index < -0.39 is 0 Å². The number of piperidine rings is 2. The Morgan fingerprint density at radius 2 is 1.85 bits per heavy atom. The summed E-state index contributed by atoms with van der Waals surface area (Å²) in [4.78, 5) is 14.9. The molecule has 2 atom stereocenters. The van der Waals surface area contributed by atoms with Crippen LogP contribution < -0.4 is 5.32 Å². The van der Waals surface area contributed by atoms with Crippen LogP contribution in [0.1, 0.15) is 48.0 Å². The molecule has 2 heterocycles. The Bertz CT molecular complexity index is 486. The number of hydrogen-bond donors (Lipinski definition) is 1. The van der Waals surface area contributed by atoms with Crippen molar-refractivity contribution in [1.82, 2.24) is 10.2 Å². The van der Waals surface area contributed by atoms with E-state index in [4.69, 9.17) is 0 Å². The van der Waals surface area contributed by atoms with Gasteiger partial charge < -0.3 is 10.2 Å². The molecule has 3 rings (SSSR count). The zero-order chi connectivity index (χ0) is 14.1. The molecule has 2 fully saturated rings. The minimum Gasteiger partial charge on any atom is -0.349 e. The van der Waals surface area contributed by atoms with E-state index in [1.165, 1.54) is 19.3 Å². The molecule has 20 heavy (non-hydrogen) atoms. The number of carbonyl (C=O) groups excluding carboxylic acids is 1. The summed E-state index contributed by atoms with van der Waals surface area (Å²) < 4.78 is 0. The minimum atomic E-state index is 0.0933. The lowest BCUT2D eigenvalue weighted by Gasteiger charge is -2.47. The highest BCUT2D eigenvalue weighted by molar-refractivity contribution is 5.95. The van der Waals surface area contributed by atoms with Crippen molar-refractivity contribution in [2.24, 2.45) is 0 Å². The molecule has 1 aromatic rings. The Hall–Kier alpha value is -1.35. The van der Waals surface area contributed by atoms with Crippen LogP contribution in [-0.2, 0) is 0 Å². The van der Waals surface area contributed by atoms with Gasteiger partial charge in [0.2, 0.25) is 0 Å². The number of fused-ring (bicyclic) bond motifs is 2. The second-order valence-electron chi connectivity index (χ2n) is 6.36. The minimum absolute atomic E-state index is 0.0933. The lowest BCUT2D eigenvalue weighted by Crippen LogP contribution is -2.55. The maximum absolute atomic E-state index is 12.4. The summed E-state index contributed by atoms with van der Waals surface area (Å²) in [5.41, 5.74) is 1.87. The zero-order valence-corrected chi connectivity index (χ0v) is 12.4. The van der Waals surface area contributed by atoms with E-state index in [9.17, 15) is 4.79 Å². The fourth-order valence-corrected chi connectivity index (χ4v) is 3.82. The van der Waals surface area contributed by atoms with Crippen LogP contribution in [0, 0.1) is 6.92 Å². The summed E-state index contributed by atoms with van der Waals surface area (Å²) in [7, 11) is 2.24. The molecule has 1 N–H and O–H groups in total. The van der Waals surface area contributed by atoms with Gasteiger partial charge in [-0.3, -0.25) is 4.79 Å². The Morgan fingerprint density at radius 3 is 2.50 bits per heavy atom. The smallest absolute Gasteiger partial charge is 0.251 e. The van der Waals surface area contributed by atoms with E-state index in [-0.39, 0.29) is 5.91 Å². The SMILES string of the molecule is Cc1ccccc1C(=O)NC1CC2CCCC(C1)N2C. The monoisotopic (exact) mass is 272 g/mol. The molecular formula is C17H24N2O. The number of nitrogens with zero attached hydrogens (tertiary/aromatic N) is 1. The maximum Gasteiger partial charge on any atom is 0.251 e. The van der Waals surface area contributed by atoms with Crippen LogP contribution in [0.15, 0.2) is 24.3 Å². The fourth-order valence-electron chi connectivity index (χ4n) is 3.82. The Labute approximate surface area is 121 Å². The third-order valence-electron chi connectivity index (χ3n) is 5.06. The predicted molar refractivity (Wildman–Crippen MR) is 80.9 cm³/mol. The molecule has 2 unspecified atom stereocenters. The molecule has 2 bridgehead atoms. The predicted octanol–water partition coefficient (Wildman–Crippen LogP) is 2.74. The molecule has 2 saturated heterocycles. The van der Waals surface area contributed by atoms with Crippen LogP contribution in [0.5, 0.6) is 0 Å². The van der Waals surface area contributed by atoms with Crippen LogP contribution in [0.25, 0.3) is 0 Å². The van der Waals surface area contributed by atoms with Crippen LogP contribution in [0.3, 0.4) is 0 Å². The van der Waals surface area contributed by atoms with Crippen LogP contribution in [0.4, 0.5) is 0 Å². The molecule has 2 aliphatic rings. The second-order valence-corrected chi connectivity index (χ2v) is 6.36. The molecule has 0 spiro atoms. The van der Waals surface area contributed by atoms with Crippen LogP contribution >= 0.6 is 0 Å². The van der Waals surface area contributed by atoms with E-state index in [2.05, 4.69) is 17.3 Å². The van der Waals surface area contributed by atoms with Gasteiger partial charge in [-0.25, -0.2) is 0 Å². The lowest BCUT2D eigenvalue weighted by atomic mass is 9.82. The molecule has 3 nitrogen and oxygen atoms in total. The van der Waals surface area contributed by atoms with Crippen molar-refractivity contribution >= 4 is 5.91 Å². The number of nitrogens with one attached hydrogen (secondary N) is 1. The highest BCUT2D eigenvalue weighted by Gasteiger charge is 2.36. The third-order valence-corrected chi connectivity index (χ3v) is 5.06. The fraction of sp³-hybridized carbons (Fsp3) is 0.588. The summed E-state index contributed by atoms with van der Waals surface area (Å²) in [6, 6.07) is 9.48. The molecule has 1 amide bonds. The van der Waals surface area contributed by atoms with E-state index in [1.54, 1.807) is 0 Å². The summed E-state index contributed by atoms with van der Waals surface area (Å²) in [6.07, 6.45) is 6.11. The summed E-state index contributed by atoms with van der Waals surface area (Å²) in [5, 5.41) is 3.26. The molecule has 3 heteroatoms. The van der Waals surface area contributed by atoms with Crippen molar-refractivity contribution in [1.29, 1.82) is 0 Å². The van der Waals surface area contributed by atoms with Crippen molar-refractivity contribution in [3.63, 3.8) is 0 Å². The number of carbonyl (C=O) groups is 1. The largest absolute Gasteiger partial charge is 0.349 e. The number of aryl methyl sites for hydroxylation is 1. The summed E-state index contributed by atoms with van der Waals surface area (Å²) >= 11 is 0. The summed E-state index contributed by atoms with van der Waals surface area (Å²) in [5.74, 6) is 0.0933.